The molecule has 0 aliphatic carbocycles. The minimum atomic E-state index is 0.530. The Kier molecular flexibility index (Phi) is 5.14. The highest BCUT2D eigenvalue weighted by Crippen LogP contribution is 2.38. The highest BCUT2D eigenvalue weighted by molar-refractivity contribution is 7.17. The van der Waals surface area contributed by atoms with E-state index in [1.54, 1.807) is 17.7 Å². The van der Waals surface area contributed by atoms with Gasteiger partial charge >= 0.3 is 0 Å². The van der Waals surface area contributed by atoms with E-state index in [9.17, 15) is 0 Å². The lowest BCUT2D eigenvalue weighted by Crippen LogP contribution is -2.01. The van der Waals surface area contributed by atoms with Gasteiger partial charge in [-0.1, -0.05) is 63.2 Å². The third kappa shape index (κ3) is 3.40. The molecule has 2 aromatic heterocycles. The molecule has 0 aliphatic rings. The fourth-order valence-corrected chi connectivity index (χ4v) is 4.47. The molecule has 4 heteroatoms. The fraction of sp³-hybridized carbons (Fsp3) is 0.250. The van der Waals surface area contributed by atoms with Gasteiger partial charge in [-0.2, -0.15) is 0 Å². The smallest absolute Gasteiger partial charge is 0.143 e. The Morgan fingerprint density at radius 1 is 1.04 bits per heavy atom. The molecular formula is C24H25N3S. The summed E-state index contributed by atoms with van der Waals surface area (Å²) in [5, 5.41) is 6.90. The third-order valence-corrected chi connectivity index (χ3v) is 6.13. The number of aryl methyl sites for hydroxylation is 2. The van der Waals surface area contributed by atoms with Crippen LogP contribution in [0.1, 0.15) is 43.4 Å². The van der Waals surface area contributed by atoms with Crippen LogP contribution in [0.15, 0.2) is 54.2 Å². The van der Waals surface area contributed by atoms with E-state index in [2.05, 4.69) is 90.8 Å². The Hall–Kier alpha value is -2.72. The lowest BCUT2D eigenvalue weighted by Gasteiger charge is -2.14. The number of anilines is 2. The molecule has 0 saturated carbocycles. The molecule has 0 unspecified atom stereocenters. The predicted molar refractivity (Wildman–Crippen MR) is 121 cm³/mol. The van der Waals surface area contributed by atoms with E-state index in [1.165, 1.54) is 27.8 Å². The first-order valence-electron chi connectivity index (χ1n) is 9.76. The molecule has 0 saturated heterocycles. The zero-order valence-electron chi connectivity index (χ0n) is 16.8. The SMILES string of the molecule is CCc1cccc(C)c1Nc1ncnc2scc(-c3ccc(C(C)C)cc3)c12. The van der Waals surface area contributed by atoms with Crippen molar-refractivity contribution < 1.29 is 0 Å². The zero-order chi connectivity index (χ0) is 19.7. The molecule has 142 valence electrons. The predicted octanol–water partition coefficient (Wildman–Crippen LogP) is 7.10. The Bertz CT molecular complexity index is 1110. The first kappa shape index (κ1) is 18.6. The summed E-state index contributed by atoms with van der Waals surface area (Å²) in [5.41, 5.74) is 7.41. The molecule has 0 bridgehead atoms. The number of benzene rings is 2. The maximum absolute atomic E-state index is 4.61. The second-order valence-electron chi connectivity index (χ2n) is 7.42. The quantitative estimate of drug-likeness (QED) is 0.397. The van der Waals surface area contributed by atoms with E-state index in [0.29, 0.717) is 5.92 Å². The van der Waals surface area contributed by atoms with Crippen LogP contribution in [-0.2, 0) is 6.42 Å². The average molecular weight is 388 g/mol. The second-order valence-corrected chi connectivity index (χ2v) is 8.27. The fourth-order valence-electron chi connectivity index (χ4n) is 3.55. The van der Waals surface area contributed by atoms with Crippen LogP contribution < -0.4 is 5.32 Å². The third-order valence-electron chi connectivity index (χ3n) is 5.24. The van der Waals surface area contributed by atoms with Crippen LogP contribution in [0.4, 0.5) is 11.5 Å². The van der Waals surface area contributed by atoms with Crippen molar-refractivity contribution in [1.29, 1.82) is 0 Å². The van der Waals surface area contributed by atoms with Crippen molar-refractivity contribution in [1.82, 2.24) is 9.97 Å². The minimum Gasteiger partial charge on any atom is -0.339 e. The lowest BCUT2D eigenvalue weighted by molar-refractivity contribution is 0.867. The van der Waals surface area contributed by atoms with Gasteiger partial charge in [-0.15, -0.1) is 11.3 Å². The zero-order valence-corrected chi connectivity index (χ0v) is 17.6. The monoisotopic (exact) mass is 387 g/mol. The van der Waals surface area contributed by atoms with Gasteiger partial charge in [0, 0.05) is 16.6 Å². The van der Waals surface area contributed by atoms with Crippen molar-refractivity contribution in [3.8, 4) is 11.1 Å². The summed E-state index contributed by atoms with van der Waals surface area (Å²) in [7, 11) is 0. The lowest BCUT2D eigenvalue weighted by atomic mass is 9.99. The van der Waals surface area contributed by atoms with Crippen molar-refractivity contribution in [2.45, 2.75) is 40.0 Å². The standard InChI is InChI=1S/C24H25N3S/c1-5-17-8-6-7-16(4)22(17)27-23-21-20(13-28-24(21)26-14-25-23)19-11-9-18(10-12-19)15(2)3/h6-15H,5H2,1-4H3,(H,25,26,27). The van der Waals surface area contributed by atoms with Gasteiger partial charge in [0.25, 0.3) is 0 Å². The summed E-state index contributed by atoms with van der Waals surface area (Å²) in [4.78, 5) is 10.1. The maximum Gasteiger partial charge on any atom is 0.143 e. The van der Waals surface area contributed by atoms with Gasteiger partial charge in [0.15, 0.2) is 0 Å². The Labute approximate surface area is 170 Å². The largest absolute Gasteiger partial charge is 0.339 e. The van der Waals surface area contributed by atoms with Crippen LogP contribution in [0.5, 0.6) is 0 Å². The molecule has 4 aromatic rings. The van der Waals surface area contributed by atoms with Gasteiger partial charge in [0.1, 0.15) is 17.0 Å². The molecule has 0 radical (unpaired) electrons. The highest BCUT2D eigenvalue weighted by Gasteiger charge is 2.15. The summed E-state index contributed by atoms with van der Waals surface area (Å²) in [6.07, 6.45) is 2.63. The van der Waals surface area contributed by atoms with Gasteiger partial charge in [-0.25, -0.2) is 9.97 Å². The number of aromatic nitrogens is 2. The molecule has 0 amide bonds. The van der Waals surface area contributed by atoms with E-state index in [0.717, 1.165) is 28.1 Å². The molecule has 2 aromatic carbocycles. The number of nitrogens with one attached hydrogen (secondary N) is 1. The van der Waals surface area contributed by atoms with Crippen LogP contribution in [0.2, 0.25) is 0 Å². The van der Waals surface area contributed by atoms with Crippen LogP contribution in [0, 0.1) is 6.92 Å². The first-order valence-corrected chi connectivity index (χ1v) is 10.6. The minimum absolute atomic E-state index is 0.530. The van der Waals surface area contributed by atoms with E-state index in [-0.39, 0.29) is 0 Å². The van der Waals surface area contributed by atoms with Crippen molar-refractivity contribution in [2.75, 3.05) is 5.32 Å². The summed E-state index contributed by atoms with van der Waals surface area (Å²) in [6.45, 7) is 8.76. The average Bonchev–Trinajstić information content (AvgIpc) is 3.14. The van der Waals surface area contributed by atoms with Crippen LogP contribution >= 0.6 is 11.3 Å². The second kappa shape index (κ2) is 7.72. The van der Waals surface area contributed by atoms with Gasteiger partial charge in [0.05, 0.1) is 5.39 Å². The highest BCUT2D eigenvalue weighted by atomic mass is 32.1. The first-order chi connectivity index (χ1) is 13.6. The Morgan fingerprint density at radius 3 is 2.54 bits per heavy atom. The van der Waals surface area contributed by atoms with E-state index < -0.39 is 0 Å². The molecule has 0 fully saturated rings. The van der Waals surface area contributed by atoms with Gasteiger partial charge < -0.3 is 5.32 Å². The number of hydrogen-bond acceptors (Lipinski definition) is 4. The number of para-hydroxylation sites is 1. The summed E-state index contributed by atoms with van der Waals surface area (Å²) in [6, 6.07) is 15.3. The van der Waals surface area contributed by atoms with Crippen LogP contribution in [0.25, 0.3) is 21.3 Å². The Balaban J connectivity index is 1.82. The summed E-state index contributed by atoms with van der Waals surface area (Å²) >= 11 is 1.67. The Morgan fingerprint density at radius 2 is 1.82 bits per heavy atom. The molecule has 1 N–H and O–H groups in total. The number of fused-ring (bicyclic) bond motifs is 1. The van der Waals surface area contributed by atoms with Gasteiger partial charge in [-0.05, 0) is 41.5 Å². The number of nitrogens with zero attached hydrogens (tertiary/aromatic N) is 2. The molecule has 28 heavy (non-hydrogen) atoms. The topological polar surface area (TPSA) is 37.8 Å². The number of thiophene rings is 1. The van der Waals surface area contributed by atoms with E-state index >= 15 is 0 Å². The molecule has 2 heterocycles. The molecule has 4 rings (SSSR count). The van der Waals surface area contributed by atoms with Gasteiger partial charge in [0.2, 0.25) is 0 Å². The maximum atomic E-state index is 4.61. The molecule has 0 spiro atoms. The van der Waals surface area contributed by atoms with E-state index in [4.69, 9.17) is 0 Å². The normalized spacial score (nSPS) is 11.3. The summed E-state index contributed by atoms with van der Waals surface area (Å²) < 4.78 is 0. The van der Waals surface area contributed by atoms with Crippen LogP contribution in [-0.4, -0.2) is 9.97 Å². The summed E-state index contributed by atoms with van der Waals surface area (Å²) in [5.74, 6) is 1.40. The molecule has 3 nitrogen and oxygen atoms in total. The molecular weight excluding hydrogens is 362 g/mol. The molecule has 0 atom stereocenters. The number of hydrogen-bond donors (Lipinski definition) is 1. The number of rotatable bonds is 5. The van der Waals surface area contributed by atoms with E-state index in [1.807, 2.05) is 0 Å². The van der Waals surface area contributed by atoms with Crippen molar-refractivity contribution in [3.63, 3.8) is 0 Å². The van der Waals surface area contributed by atoms with Crippen molar-refractivity contribution >= 4 is 33.1 Å². The van der Waals surface area contributed by atoms with Crippen molar-refractivity contribution in [2.24, 2.45) is 0 Å². The van der Waals surface area contributed by atoms with Gasteiger partial charge in [-0.3, -0.25) is 0 Å². The van der Waals surface area contributed by atoms with Crippen LogP contribution in [0.3, 0.4) is 0 Å². The van der Waals surface area contributed by atoms with Crippen molar-refractivity contribution in [3.05, 3.63) is 70.9 Å². The molecule has 0 aliphatic heterocycles.